The van der Waals surface area contributed by atoms with Crippen LogP contribution in [0, 0.1) is 17.8 Å². The van der Waals surface area contributed by atoms with Gasteiger partial charge in [0.15, 0.2) is 0 Å². The highest BCUT2D eigenvalue weighted by molar-refractivity contribution is 8.82. The molecule has 0 radical (unpaired) electrons. The molecule has 0 unspecified atom stereocenters. The summed E-state index contributed by atoms with van der Waals surface area (Å²) >= 11 is 1.55. The van der Waals surface area contributed by atoms with E-state index in [0.29, 0.717) is 24.3 Å². The van der Waals surface area contributed by atoms with Crippen LogP contribution in [-0.4, -0.2) is 71.4 Å². The molecule has 0 bridgehead atoms. The molecule has 15 heteroatoms. The number of carboxylic acid groups (broad SMARTS) is 2. The molecule has 1 aromatic carbocycles. The van der Waals surface area contributed by atoms with E-state index in [1.807, 2.05) is 54.8 Å². The number of benzene rings is 1. The fraction of sp³-hybridized carbons (Fsp3) is 0.500. The Morgan fingerprint density at radius 1 is 1.09 bits per heavy atom. The van der Waals surface area contributed by atoms with E-state index in [1.54, 1.807) is 11.8 Å². The smallest absolute Gasteiger partial charge is 0.430 e. The van der Waals surface area contributed by atoms with Crippen molar-refractivity contribution >= 4 is 56.5 Å². The van der Waals surface area contributed by atoms with Crippen molar-refractivity contribution < 1.29 is 53.0 Å². The van der Waals surface area contributed by atoms with Crippen LogP contribution in [0.2, 0.25) is 0 Å². The molecule has 0 spiro atoms. The number of nitrogens with one attached hydrogen (secondary N) is 1. The summed E-state index contributed by atoms with van der Waals surface area (Å²) in [5, 5.41) is 20.7. The number of methoxy groups -OCH3 is 1. The van der Waals surface area contributed by atoms with Crippen molar-refractivity contribution in [3.63, 3.8) is 0 Å². The number of rotatable bonds is 16. The van der Waals surface area contributed by atoms with Gasteiger partial charge in [0.25, 0.3) is 0 Å². The van der Waals surface area contributed by atoms with Crippen molar-refractivity contribution in [2.75, 3.05) is 24.9 Å². The molecular weight excluding hydrogens is 630 g/mol. The third kappa shape index (κ3) is 19.3. The topological polar surface area (TPSA) is 160 Å². The lowest BCUT2D eigenvalue weighted by Crippen LogP contribution is -2.61. The highest BCUT2D eigenvalue weighted by Gasteiger charge is 2.29. The predicted octanol–water partition coefficient (Wildman–Crippen LogP) is 3.61. The van der Waals surface area contributed by atoms with Crippen LogP contribution in [0.5, 0.6) is 0 Å². The van der Waals surface area contributed by atoms with Gasteiger partial charge in [0, 0.05) is 10.8 Å². The molecule has 43 heavy (non-hydrogen) atoms. The SMILES string of the molecule is COC(=O)SSC[C@H]([NH3+])/C=C/[C@H](/C=C\[C@H](Cc1ccccc1)C(=O)N[C@@H](CCSC)C(=O)O)C(C)C.O=C([O-])C(F)(F)F. The Bertz CT molecular complexity index is 1060. The van der Waals surface area contributed by atoms with Crippen LogP contribution < -0.4 is 16.2 Å². The van der Waals surface area contributed by atoms with Gasteiger partial charge >= 0.3 is 17.4 Å². The molecule has 242 valence electrons. The van der Waals surface area contributed by atoms with E-state index < -0.39 is 30.1 Å². The van der Waals surface area contributed by atoms with Crippen LogP contribution in [0.25, 0.3) is 0 Å². The maximum Gasteiger partial charge on any atom is 0.430 e. The minimum Gasteiger partial charge on any atom is -0.542 e. The average Bonchev–Trinajstić information content (AvgIpc) is 2.94. The van der Waals surface area contributed by atoms with Gasteiger partial charge in [-0.1, -0.05) is 73.2 Å². The molecule has 0 saturated carbocycles. The Balaban J connectivity index is 0.00000223. The number of amides is 1. The van der Waals surface area contributed by atoms with Gasteiger partial charge in [0.2, 0.25) is 5.91 Å². The van der Waals surface area contributed by atoms with E-state index >= 15 is 0 Å². The summed E-state index contributed by atoms with van der Waals surface area (Å²) in [6.45, 7) is 4.21. The van der Waals surface area contributed by atoms with Crippen molar-refractivity contribution in [1.29, 1.82) is 0 Å². The third-order valence-electron chi connectivity index (χ3n) is 5.61. The van der Waals surface area contributed by atoms with Gasteiger partial charge in [-0.15, -0.1) is 0 Å². The lowest BCUT2D eigenvalue weighted by Gasteiger charge is -2.20. The molecule has 0 heterocycles. The van der Waals surface area contributed by atoms with Crippen LogP contribution in [-0.2, 0) is 25.5 Å². The Hall–Kier alpha value is -2.62. The molecule has 0 aromatic heterocycles. The summed E-state index contributed by atoms with van der Waals surface area (Å²) < 4.78 is 36.2. The van der Waals surface area contributed by atoms with Crippen LogP contribution in [0.1, 0.15) is 25.8 Å². The highest BCUT2D eigenvalue weighted by atomic mass is 33.1. The first-order valence-electron chi connectivity index (χ1n) is 13.0. The molecule has 4 atom stereocenters. The number of carbonyl (C=O) groups is 4. The number of quaternary nitrogens is 1. The number of aliphatic carboxylic acids is 2. The average molecular weight is 669 g/mol. The molecule has 0 saturated heterocycles. The lowest BCUT2D eigenvalue weighted by molar-refractivity contribution is -0.395. The van der Waals surface area contributed by atoms with Crippen LogP contribution in [0.15, 0.2) is 54.6 Å². The number of hydrogen-bond donors (Lipinski definition) is 3. The fourth-order valence-corrected chi connectivity index (χ4v) is 5.41. The summed E-state index contributed by atoms with van der Waals surface area (Å²) in [6, 6.07) is 8.81. The van der Waals surface area contributed by atoms with E-state index in [9.17, 15) is 32.7 Å². The lowest BCUT2D eigenvalue weighted by atomic mass is 9.91. The van der Waals surface area contributed by atoms with Gasteiger partial charge in [-0.05, 0) is 48.3 Å². The molecule has 1 rings (SSSR count). The second-order valence-corrected chi connectivity index (χ2v) is 12.7. The number of alkyl halides is 3. The molecule has 0 fully saturated rings. The summed E-state index contributed by atoms with van der Waals surface area (Å²) in [7, 11) is 3.81. The molecule has 9 nitrogen and oxygen atoms in total. The summed E-state index contributed by atoms with van der Waals surface area (Å²) in [6.07, 6.45) is 5.59. The zero-order valence-corrected chi connectivity index (χ0v) is 26.8. The monoisotopic (exact) mass is 668 g/mol. The van der Waals surface area contributed by atoms with Crippen molar-refractivity contribution in [1.82, 2.24) is 5.32 Å². The zero-order valence-electron chi connectivity index (χ0n) is 24.4. The van der Waals surface area contributed by atoms with E-state index in [-0.39, 0.29) is 29.1 Å². The first-order chi connectivity index (χ1) is 20.1. The molecule has 5 N–H and O–H groups in total. The summed E-state index contributed by atoms with van der Waals surface area (Å²) in [4.78, 5) is 44.9. The number of halogens is 3. The van der Waals surface area contributed by atoms with Crippen molar-refractivity contribution in [2.45, 2.75) is 44.9 Å². The number of thioether (sulfide) groups is 1. The fourth-order valence-electron chi connectivity index (χ4n) is 3.20. The first-order valence-corrected chi connectivity index (χ1v) is 16.7. The second-order valence-electron chi connectivity index (χ2n) is 9.44. The minimum atomic E-state index is -5.19. The molecule has 1 aromatic rings. The standard InChI is InChI=1S/C26H38N2O5S3.C2HF3O2/c1-18(2)20(12-13-22(27)17-35-36-26(32)33-3)10-11-21(16-19-8-6-5-7-9-19)24(29)28-23(25(30)31)14-15-34-4;3-2(4,5)1(6)7/h5-13,18,20-23H,14-17,27H2,1-4H3,(H,28,29)(H,30,31);(H,6,7)/b11-10-,13-12+;/t20-,21+,22+,23-;/m0./s1. The van der Waals surface area contributed by atoms with E-state index in [0.717, 1.165) is 16.4 Å². The van der Waals surface area contributed by atoms with Crippen LogP contribution >= 0.6 is 33.3 Å². The third-order valence-corrected chi connectivity index (χ3v) is 8.41. The molecule has 1 amide bonds. The Morgan fingerprint density at radius 2 is 1.67 bits per heavy atom. The Labute approximate surface area is 262 Å². The molecule has 0 aliphatic heterocycles. The number of ether oxygens (including phenoxy) is 1. The van der Waals surface area contributed by atoms with Gasteiger partial charge < -0.3 is 30.8 Å². The molecule has 0 aliphatic carbocycles. The van der Waals surface area contributed by atoms with Gasteiger partial charge in [-0.3, -0.25) is 4.79 Å². The van der Waals surface area contributed by atoms with Gasteiger partial charge in [0.05, 0.1) is 18.8 Å². The van der Waals surface area contributed by atoms with E-state index in [2.05, 4.69) is 35.7 Å². The molecular formula is C28H39F3N2O7S3. The van der Waals surface area contributed by atoms with Crippen LogP contribution in [0.4, 0.5) is 18.0 Å². The highest BCUT2D eigenvalue weighted by Crippen LogP contribution is 2.24. The Kier molecular flexibility index (Phi) is 20.6. The van der Waals surface area contributed by atoms with Crippen molar-refractivity contribution in [2.24, 2.45) is 17.8 Å². The predicted molar refractivity (Wildman–Crippen MR) is 163 cm³/mol. The van der Waals surface area contributed by atoms with E-state index in [4.69, 9.17) is 9.90 Å². The largest absolute Gasteiger partial charge is 0.542 e. The quantitative estimate of drug-likeness (QED) is 0.135. The number of carboxylic acids is 2. The summed E-state index contributed by atoms with van der Waals surface area (Å²) in [5.41, 5.74) is 5.13. The first kappa shape index (κ1) is 40.4. The zero-order chi connectivity index (χ0) is 33.0. The second kappa shape index (κ2) is 22.0. The van der Waals surface area contributed by atoms with Crippen molar-refractivity contribution in [3.05, 3.63) is 60.2 Å². The van der Waals surface area contributed by atoms with Gasteiger partial charge in [-0.2, -0.15) is 24.9 Å². The maximum absolute atomic E-state index is 13.2. The van der Waals surface area contributed by atoms with Crippen molar-refractivity contribution in [3.8, 4) is 0 Å². The minimum absolute atomic E-state index is 0.0120. The number of carbonyl (C=O) groups excluding carboxylic acids is 3. The van der Waals surface area contributed by atoms with Gasteiger partial charge in [-0.25, -0.2) is 9.59 Å². The number of hydrogen-bond acceptors (Lipinski definition) is 9. The Morgan fingerprint density at radius 3 is 2.16 bits per heavy atom. The number of allylic oxidation sites excluding steroid dienone is 2. The summed E-state index contributed by atoms with van der Waals surface area (Å²) in [5.74, 6) is -3.14. The van der Waals surface area contributed by atoms with Crippen LogP contribution in [0.3, 0.4) is 0 Å². The normalized spacial score (nSPS) is 14.4. The molecule has 0 aliphatic rings. The van der Waals surface area contributed by atoms with Gasteiger partial charge in [0.1, 0.15) is 18.1 Å². The van der Waals surface area contributed by atoms with E-state index in [1.165, 1.54) is 17.9 Å². The maximum atomic E-state index is 13.2.